The topological polar surface area (TPSA) is 75.0 Å². The van der Waals surface area contributed by atoms with Crippen LogP contribution in [-0.4, -0.2) is 22.6 Å². The number of amides is 1. The van der Waals surface area contributed by atoms with Gasteiger partial charge in [-0.25, -0.2) is 4.39 Å². The number of benzene rings is 2. The molecule has 6 nitrogen and oxygen atoms in total. The SMILES string of the molecule is CC1=CC2=NC(=O)/C(=C\c3ccc(OCc4ccc(F)cc4)cc3)C(=N)N2O1. The van der Waals surface area contributed by atoms with Crippen LogP contribution in [0.4, 0.5) is 4.39 Å². The molecule has 1 N–H and O–H groups in total. The highest BCUT2D eigenvalue weighted by Crippen LogP contribution is 2.24. The van der Waals surface area contributed by atoms with Crippen molar-refractivity contribution in [1.82, 2.24) is 5.06 Å². The van der Waals surface area contributed by atoms with E-state index in [1.165, 1.54) is 17.2 Å². The number of amidine groups is 2. The second-order valence-corrected chi connectivity index (χ2v) is 6.31. The zero-order valence-corrected chi connectivity index (χ0v) is 15.0. The lowest BCUT2D eigenvalue weighted by Crippen LogP contribution is -2.38. The molecule has 0 unspecified atom stereocenters. The Kier molecular flexibility index (Phi) is 4.49. The quantitative estimate of drug-likeness (QED) is 0.821. The van der Waals surface area contributed by atoms with Gasteiger partial charge in [0.05, 0.1) is 5.57 Å². The zero-order chi connectivity index (χ0) is 19.7. The van der Waals surface area contributed by atoms with Crippen molar-refractivity contribution >= 4 is 23.7 Å². The van der Waals surface area contributed by atoms with E-state index in [-0.39, 0.29) is 17.2 Å². The Morgan fingerprint density at radius 3 is 2.61 bits per heavy atom. The number of aliphatic imine (C=N–C) groups is 1. The van der Waals surface area contributed by atoms with Gasteiger partial charge in [-0.1, -0.05) is 24.3 Å². The number of halogens is 1. The summed E-state index contributed by atoms with van der Waals surface area (Å²) in [4.78, 5) is 21.6. The predicted octanol–water partition coefficient (Wildman–Crippen LogP) is 3.86. The van der Waals surface area contributed by atoms with Gasteiger partial charge in [-0.15, -0.1) is 5.06 Å². The molecule has 2 aliphatic heterocycles. The third kappa shape index (κ3) is 3.55. The van der Waals surface area contributed by atoms with Gasteiger partial charge in [0.15, 0.2) is 11.7 Å². The Morgan fingerprint density at radius 2 is 1.89 bits per heavy atom. The van der Waals surface area contributed by atoms with Crippen LogP contribution in [0.2, 0.25) is 0 Å². The summed E-state index contributed by atoms with van der Waals surface area (Å²) in [5, 5.41) is 9.43. The number of carbonyl (C=O) groups is 1. The lowest BCUT2D eigenvalue weighted by Gasteiger charge is -2.22. The molecule has 0 atom stereocenters. The highest BCUT2D eigenvalue weighted by atomic mass is 19.1. The van der Waals surface area contributed by atoms with E-state index in [1.807, 2.05) is 0 Å². The second-order valence-electron chi connectivity index (χ2n) is 6.31. The lowest BCUT2D eigenvalue weighted by atomic mass is 10.1. The third-order valence-electron chi connectivity index (χ3n) is 4.19. The molecule has 0 saturated carbocycles. The average Bonchev–Trinajstić information content (AvgIpc) is 3.06. The van der Waals surface area contributed by atoms with E-state index in [4.69, 9.17) is 15.0 Å². The Morgan fingerprint density at radius 1 is 1.18 bits per heavy atom. The van der Waals surface area contributed by atoms with Crippen LogP contribution >= 0.6 is 0 Å². The van der Waals surface area contributed by atoms with E-state index >= 15 is 0 Å². The van der Waals surface area contributed by atoms with Crippen LogP contribution in [0.5, 0.6) is 5.75 Å². The molecule has 28 heavy (non-hydrogen) atoms. The minimum absolute atomic E-state index is 0.0558. The number of hydrogen-bond acceptors (Lipinski definition) is 4. The van der Waals surface area contributed by atoms with Crippen LogP contribution in [-0.2, 0) is 16.2 Å². The van der Waals surface area contributed by atoms with Gasteiger partial charge < -0.3 is 9.57 Å². The first-order chi connectivity index (χ1) is 13.5. The van der Waals surface area contributed by atoms with Crippen LogP contribution in [0.1, 0.15) is 18.1 Å². The summed E-state index contributed by atoms with van der Waals surface area (Å²) in [6, 6.07) is 13.2. The van der Waals surface area contributed by atoms with Crippen LogP contribution in [0.3, 0.4) is 0 Å². The van der Waals surface area contributed by atoms with Crippen molar-refractivity contribution in [3.63, 3.8) is 0 Å². The normalized spacial score (nSPS) is 17.2. The molecule has 0 fully saturated rings. The van der Waals surface area contributed by atoms with E-state index in [0.717, 1.165) is 11.1 Å². The van der Waals surface area contributed by atoms with Gasteiger partial charge in [-0.3, -0.25) is 10.2 Å². The van der Waals surface area contributed by atoms with Gasteiger partial charge in [0.2, 0.25) is 0 Å². The van der Waals surface area contributed by atoms with E-state index in [0.29, 0.717) is 24.0 Å². The fourth-order valence-corrected chi connectivity index (χ4v) is 2.77. The minimum atomic E-state index is -0.484. The van der Waals surface area contributed by atoms with Crippen LogP contribution < -0.4 is 4.74 Å². The number of ether oxygens (including phenoxy) is 1. The van der Waals surface area contributed by atoms with Crippen molar-refractivity contribution in [2.75, 3.05) is 0 Å². The second kappa shape index (κ2) is 7.11. The van der Waals surface area contributed by atoms with Crippen LogP contribution in [0.25, 0.3) is 6.08 Å². The van der Waals surface area contributed by atoms with Crippen LogP contribution in [0.15, 0.2) is 70.9 Å². The summed E-state index contributed by atoms with van der Waals surface area (Å²) in [6.45, 7) is 2.05. The monoisotopic (exact) mass is 377 g/mol. The molecule has 0 bridgehead atoms. The highest BCUT2D eigenvalue weighted by molar-refractivity contribution is 6.32. The molecule has 2 aromatic rings. The number of hydroxylamine groups is 2. The Hall–Kier alpha value is -3.74. The van der Waals surface area contributed by atoms with Gasteiger partial charge in [-0.2, -0.15) is 4.99 Å². The summed E-state index contributed by atoms with van der Waals surface area (Å²) >= 11 is 0. The molecule has 0 radical (unpaired) electrons. The maximum atomic E-state index is 12.9. The van der Waals surface area contributed by atoms with E-state index in [9.17, 15) is 9.18 Å². The Bertz CT molecular complexity index is 1040. The molecule has 2 aliphatic rings. The first kappa shape index (κ1) is 17.7. The largest absolute Gasteiger partial charge is 0.489 e. The minimum Gasteiger partial charge on any atom is -0.489 e. The van der Waals surface area contributed by atoms with Gasteiger partial charge >= 0.3 is 0 Å². The molecule has 1 amide bonds. The summed E-state index contributed by atoms with van der Waals surface area (Å²) in [5.41, 5.74) is 1.73. The molecule has 140 valence electrons. The number of allylic oxidation sites excluding steroid dienone is 1. The summed E-state index contributed by atoms with van der Waals surface area (Å²) < 4.78 is 18.6. The molecule has 4 rings (SSSR count). The maximum absolute atomic E-state index is 12.9. The predicted molar refractivity (Wildman–Crippen MR) is 102 cm³/mol. The van der Waals surface area contributed by atoms with Crippen molar-refractivity contribution in [3.8, 4) is 5.75 Å². The molecule has 0 saturated heterocycles. The third-order valence-corrected chi connectivity index (χ3v) is 4.19. The van der Waals surface area contributed by atoms with E-state index in [2.05, 4.69) is 4.99 Å². The van der Waals surface area contributed by atoms with Crippen molar-refractivity contribution < 1.29 is 18.8 Å². The van der Waals surface area contributed by atoms with Crippen LogP contribution in [0, 0.1) is 11.2 Å². The number of hydrogen-bond donors (Lipinski definition) is 1. The summed E-state index contributed by atoms with van der Waals surface area (Å²) in [5.74, 6) is 0.696. The molecular formula is C21H16FN3O3. The Balaban J connectivity index is 1.46. The maximum Gasteiger partial charge on any atom is 0.282 e. The zero-order valence-electron chi connectivity index (χ0n) is 15.0. The first-order valence-corrected chi connectivity index (χ1v) is 8.57. The molecule has 7 heteroatoms. The van der Waals surface area contributed by atoms with Crippen molar-refractivity contribution in [2.45, 2.75) is 13.5 Å². The molecule has 0 aromatic heterocycles. The number of nitrogens with one attached hydrogen (secondary N) is 1. The summed E-state index contributed by atoms with van der Waals surface area (Å²) in [6.07, 6.45) is 3.20. The molecule has 2 heterocycles. The average molecular weight is 377 g/mol. The fraction of sp³-hybridized carbons (Fsp3) is 0.0952. The summed E-state index contributed by atoms with van der Waals surface area (Å²) in [7, 11) is 0. The first-order valence-electron chi connectivity index (χ1n) is 8.57. The van der Waals surface area contributed by atoms with Crippen molar-refractivity contribution in [2.24, 2.45) is 4.99 Å². The van der Waals surface area contributed by atoms with Gasteiger partial charge in [0.1, 0.15) is 23.9 Å². The van der Waals surface area contributed by atoms with E-state index < -0.39 is 5.91 Å². The van der Waals surface area contributed by atoms with Crippen molar-refractivity contribution in [1.29, 1.82) is 5.41 Å². The number of carbonyl (C=O) groups excluding carboxylic acids is 1. The smallest absolute Gasteiger partial charge is 0.282 e. The van der Waals surface area contributed by atoms with E-state index in [1.54, 1.807) is 55.5 Å². The Labute approximate surface area is 160 Å². The van der Waals surface area contributed by atoms with Gasteiger partial charge in [-0.05, 0) is 48.4 Å². The highest BCUT2D eigenvalue weighted by Gasteiger charge is 2.34. The number of nitrogens with zero attached hydrogens (tertiary/aromatic N) is 2. The lowest BCUT2D eigenvalue weighted by molar-refractivity contribution is -0.114. The standard InChI is InChI=1S/C21H16FN3O3/c1-13-10-19-24-21(26)18(20(23)25(19)28-13)11-14-4-8-17(9-5-14)27-12-15-2-6-16(22)7-3-15/h2-11,23H,12H2,1H3/b18-11-,23-20?. The fourth-order valence-electron chi connectivity index (χ4n) is 2.77. The number of rotatable bonds is 4. The number of fused-ring (bicyclic) bond motifs is 1. The molecule has 0 aliphatic carbocycles. The van der Waals surface area contributed by atoms with Gasteiger partial charge in [0.25, 0.3) is 5.91 Å². The molecular weight excluding hydrogens is 361 g/mol. The van der Waals surface area contributed by atoms with Crippen molar-refractivity contribution in [3.05, 3.63) is 82.9 Å². The molecule has 2 aromatic carbocycles. The van der Waals surface area contributed by atoms with Gasteiger partial charge in [0, 0.05) is 6.08 Å². The molecule has 0 spiro atoms.